The van der Waals surface area contributed by atoms with Crippen LogP contribution in [0.4, 0.5) is 0 Å². The highest BCUT2D eigenvalue weighted by molar-refractivity contribution is 6.35. The van der Waals surface area contributed by atoms with E-state index in [4.69, 9.17) is 14.2 Å². The van der Waals surface area contributed by atoms with Gasteiger partial charge in [0.2, 0.25) is 0 Å². The lowest BCUT2D eigenvalue weighted by Gasteiger charge is -2.37. The van der Waals surface area contributed by atoms with Gasteiger partial charge < -0.3 is 19.1 Å². The number of morpholine rings is 1. The number of methoxy groups -OCH3 is 1. The predicted molar refractivity (Wildman–Crippen MR) is 114 cm³/mol. The van der Waals surface area contributed by atoms with Crippen LogP contribution in [0.2, 0.25) is 0 Å². The Hall–Kier alpha value is -2.38. The number of carbonyl (C=O) groups excluding carboxylic acids is 2. The molecule has 0 saturated carbocycles. The second-order valence-corrected chi connectivity index (χ2v) is 8.15. The number of hydrogen-bond acceptors (Lipinski definition) is 6. The summed E-state index contributed by atoms with van der Waals surface area (Å²) in [4.78, 5) is 30.0. The summed E-state index contributed by atoms with van der Waals surface area (Å²) in [6, 6.07) is 7.28. The van der Waals surface area contributed by atoms with Gasteiger partial charge in [-0.3, -0.25) is 14.5 Å². The van der Waals surface area contributed by atoms with E-state index in [9.17, 15) is 9.59 Å². The third-order valence-electron chi connectivity index (χ3n) is 5.24. The number of rotatable bonds is 8. The number of hydrogen-bond donors (Lipinski definition) is 0. The van der Waals surface area contributed by atoms with Crippen molar-refractivity contribution in [1.82, 2.24) is 9.80 Å². The van der Waals surface area contributed by atoms with Gasteiger partial charge in [-0.05, 0) is 51.8 Å². The molecule has 7 nitrogen and oxygen atoms in total. The van der Waals surface area contributed by atoms with Crippen molar-refractivity contribution < 1.29 is 23.8 Å². The van der Waals surface area contributed by atoms with E-state index in [-0.39, 0.29) is 30.1 Å². The number of benzene rings is 1. The van der Waals surface area contributed by atoms with Crippen LogP contribution in [0.25, 0.3) is 5.57 Å². The topological polar surface area (TPSA) is 68.3 Å². The number of ether oxygens (including phenoxy) is 3. The van der Waals surface area contributed by atoms with E-state index in [0.29, 0.717) is 49.7 Å². The van der Waals surface area contributed by atoms with Gasteiger partial charge in [0.15, 0.2) is 0 Å². The van der Waals surface area contributed by atoms with E-state index in [1.807, 2.05) is 44.7 Å². The number of imide groups is 1. The first kappa shape index (κ1) is 22.3. The molecular weight excluding hydrogens is 384 g/mol. The third-order valence-corrected chi connectivity index (χ3v) is 5.24. The fourth-order valence-electron chi connectivity index (χ4n) is 3.98. The van der Waals surface area contributed by atoms with Gasteiger partial charge in [0.25, 0.3) is 11.8 Å². The van der Waals surface area contributed by atoms with Crippen LogP contribution in [-0.2, 0) is 19.1 Å². The van der Waals surface area contributed by atoms with Crippen LogP contribution in [0.1, 0.15) is 39.7 Å². The standard InChI is InChI=1S/C23H32N2O5/c1-15(2)29-12-6-11-25-22(26)20(18-7-9-19(28-5)10-8-18)21(23(25)27)24-13-16(3)30-17(4)14-24/h7-10,15-17H,6,11-14H2,1-5H3. The SMILES string of the molecule is COc1ccc(C2=C(N3CC(C)OC(C)C3)C(=O)N(CCCOC(C)C)C2=O)cc1. The van der Waals surface area contributed by atoms with Gasteiger partial charge in [-0.25, -0.2) is 0 Å². The van der Waals surface area contributed by atoms with Crippen LogP contribution in [0.15, 0.2) is 30.0 Å². The molecule has 7 heteroatoms. The Labute approximate surface area is 178 Å². The molecule has 164 valence electrons. The van der Waals surface area contributed by atoms with E-state index >= 15 is 0 Å². The van der Waals surface area contributed by atoms with E-state index in [0.717, 1.165) is 5.56 Å². The molecule has 0 radical (unpaired) electrons. The normalized spacial score (nSPS) is 22.5. The average Bonchev–Trinajstić information content (AvgIpc) is 2.94. The first-order valence-electron chi connectivity index (χ1n) is 10.6. The minimum atomic E-state index is -0.253. The van der Waals surface area contributed by atoms with Crippen LogP contribution in [0.5, 0.6) is 5.75 Å². The highest BCUT2D eigenvalue weighted by atomic mass is 16.5. The van der Waals surface area contributed by atoms with Gasteiger partial charge in [0, 0.05) is 26.2 Å². The molecule has 1 fully saturated rings. The zero-order valence-electron chi connectivity index (χ0n) is 18.5. The lowest BCUT2D eigenvalue weighted by molar-refractivity contribution is -0.138. The lowest BCUT2D eigenvalue weighted by atomic mass is 10.0. The molecule has 30 heavy (non-hydrogen) atoms. The van der Waals surface area contributed by atoms with Crippen LogP contribution >= 0.6 is 0 Å². The first-order chi connectivity index (χ1) is 14.3. The van der Waals surface area contributed by atoms with Gasteiger partial charge >= 0.3 is 0 Å². The van der Waals surface area contributed by atoms with Gasteiger partial charge in [-0.2, -0.15) is 0 Å². The molecule has 0 aliphatic carbocycles. The number of amides is 2. The minimum absolute atomic E-state index is 0.0187. The Bertz CT molecular complexity index is 792. The molecule has 0 aromatic heterocycles. The molecule has 0 bridgehead atoms. The second-order valence-electron chi connectivity index (χ2n) is 8.15. The first-order valence-corrected chi connectivity index (χ1v) is 10.6. The van der Waals surface area contributed by atoms with Gasteiger partial charge in [0.1, 0.15) is 11.4 Å². The Morgan fingerprint density at radius 2 is 1.70 bits per heavy atom. The minimum Gasteiger partial charge on any atom is -0.497 e. The Morgan fingerprint density at radius 3 is 2.27 bits per heavy atom. The van der Waals surface area contributed by atoms with Crippen molar-refractivity contribution in [1.29, 1.82) is 0 Å². The van der Waals surface area contributed by atoms with E-state index in [2.05, 4.69) is 0 Å². The summed E-state index contributed by atoms with van der Waals surface area (Å²) in [6.07, 6.45) is 0.689. The molecule has 2 atom stereocenters. The van der Waals surface area contributed by atoms with E-state index < -0.39 is 0 Å². The maximum Gasteiger partial charge on any atom is 0.277 e. The van der Waals surface area contributed by atoms with Crippen molar-refractivity contribution in [3.8, 4) is 5.75 Å². The van der Waals surface area contributed by atoms with Crippen LogP contribution < -0.4 is 4.74 Å². The molecule has 0 spiro atoms. The predicted octanol–water partition coefficient (Wildman–Crippen LogP) is 2.70. The summed E-state index contributed by atoms with van der Waals surface area (Å²) in [5.41, 5.74) is 1.64. The molecule has 1 aromatic carbocycles. The maximum absolute atomic E-state index is 13.4. The van der Waals surface area contributed by atoms with Crippen molar-refractivity contribution >= 4 is 17.4 Å². The van der Waals surface area contributed by atoms with Crippen molar-refractivity contribution in [2.45, 2.75) is 52.4 Å². The van der Waals surface area contributed by atoms with Gasteiger partial charge in [0.05, 0.1) is 31.0 Å². The summed E-state index contributed by atoms with van der Waals surface area (Å²) in [6.45, 7) is 9.89. The van der Waals surface area contributed by atoms with Crippen molar-refractivity contribution in [2.75, 3.05) is 33.4 Å². The molecule has 0 N–H and O–H groups in total. The fraction of sp³-hybridized carbons (Fsp3) is 0.565. The summed E-state index contributed by atoms with van der Waals surface area (Å²) in [5.74, 6) is 0.210. The smallest absolute Gasteiger partial charge is 0.277 e. The highest BCUT2D eigenvalue weighted by Crippen LogP contribution is 2.34. The largest absolute Gasteiger partial charge is 0.497 e. The highest BCUT2D eigenvalue weighted by Gasteiger charge is 2.42. The zero-order valence-corrected chi connectivity index (χ0v) is 18.5. The Balaban J connectivity index is 1.91. The van der Waals surface area contributed by atoms with Crippen molar-refractivity contribution in [2.24, 2.45) is 0 Å². The quantitative estimate of drug-likeness (QED) is 0.480. The Morgan fingerprint density at radius 1 is 1.07 bits per heavy atom. The molecule has 2 unspecified atom stereocenters. The maximum atomic E-state index is 13.4. The molecule has 3 rings (SSSR count). The van der Waals surface area contributed by atoms with E-state index in [1.54, 1.807) is 19.2 Å². The lowest BCUT2D eigenvalue weighted by Crippen LogP contribution is -2.47. The fourth-order valence-corrected chi connectivity index (χ4v) is 3.98. The summed E-state index contributed by atoms with van der Waals surface area (Å²) < 4.78 is 16.6. The monoisotopic (exact) mass is 416 g/mol. The van der Waals surface area contributed by atoms with Gasteiger partial charge in [-0.1, -0.05) is 12.1 Å². The molecule has 2 aliphatic heterocycles. The number of nitrogens with zero attached hydrogens (tertiary/aromatic N) is 2. The molecule has 1 aromatic rings. The molecule has 2 amide bonds. The molecule has 2 aliphatic rings. The molecule has 2 heterocycles. The zero-order chi connectivity index (χ0) is 21.8. The molecular formula is C23H32N2O5. The summed E-state index contributed by atoms with van der Waals surface area (Å²) >= 11 is 0. The summed E-state index contributed by atoms with van der Waals surface area (Å²) in [5, 5.41) is 0. The van der Waals surface area contributed by atoms with Gasteiger partial charge in [-0.15, -0.1) is 0 Å². The van der Waals surface area contributed by atoms with Crippen molar-refractivity contribution in [3.63, 3.8) is 0 Å². The average molecular weight is 417 g/mol. The van der Waals surface area contributed by atoms with Crippen LogP contribution in [0, 0.1) is 0 Å². The van der Waals surface area contributed by atoms with Crippen molar-refractivity contribution in [3.05, 3.63) is 35.5 Å². The number of carbonyl (C=O) groups is 2. The Kier molecular flexibility index (Phi) is 7.15. The van der Waals surface area contributed by atoms with Crippen LogP contribution in [0.3, 0.4) is 0 Å². The third kappa shape index (κ3) is 4.84. The van der Waals surface area contributed by atoms with Crippen LogP contribution in [-0.4, -0.2) is 73.3 Å². The summed E-state index contributed by atoms with van der Waals surface area (Å²) in [7, 11) is 1.60. The molecule has 1 saturated heterocycles. The second kappa shape index (κ2) is 9.62. The van der Waals surface area contributed by atoms with E-state index in [1.165, 1.54) is 4.90 Å².